The topological polar surface area (TPSA) is 36.9 Å². The molecule has 0 aliphatic carbocycles. The molecule has 0 saturated carbocycles. The molecule has 0 saturated heterocycles. The van der Waals surface area contributed by atoms with Crippen molar-refractivity contribution in [3.8, 4) is 5.75 Å². The first-order valence-electron chi connectivity index (χ1n) is 9.72. The Morgan fingerprint density at radius 3 is 2.22 bits per heavy atom. The van der Waals surface area contributed by atoms with Crippen LogP contribution in [0.15, 0.2) is 36.6 Å². The predicted octanol–water partition coefficient (Wildman–Crippen LogP) is 5.79. The Morgan fingerprint density at radius 1 is 1.15 bits per heavy atom. The van der Waals surface area contributed by atoms with Gasteiger partial charge in [0.2, 0.25) is 0 Å². The van der Waals surface area contributed by atoms with Crippen molar-refractivity contribution < 1.29 is 18.6 Å². The first kappa shape index (κ1) is 23.7. The molecule has 0 heterocycles. The van der Waals surface area contributed by atoms with Gasteiger partial charge in [0, 0.05) is 5.92 Å². The maximum atomic E-state index is 6.63. The highest BCUT2D eigenvalue weighted by Crippen LogP contribution is 2.39. The molecule has 0 N–H and O–H groups in total. The molecule has 1 rings (SSSR count). The quantitative estimate of drug-likeness (QED) is 0.352. The molecule has 0 spiro atoms. The Bertz CT molecular complexity index is 575. The summed E-state index contributed by atoms with van der Waals surface area (Å²) in [7, 11) is -0.279. The Morgan fingerprint density at radius 2 is 1.74 bits per heavy atom. The molecule has 2 atom stereocenters. The van der Waals surface area contributed by atoms with Crippen LogP contribution in [0.4, 0.5) is 0 Å². The largest absolute Gasteiger partial charge is 0.497 e. The molecule has 0 aliphatic heterocycles. The first-order valence-corrected chi connectivity index (χ1v) is 12.6. The van der Waals surface area contributed by atoms with E-state index in [2.05, 4.69) is 47.4 Å². The van der Waals surface area contributed by atoms with Crippen LogP contribution in [0.25, 0.3) is 0 Å². The molecule has 1 aromatic carbocycles. The molecule has 0 aromatic heterocycles. The van der Waals surface area contributed by atoms with Gasteiger partial charge in [-0.1, -0.05) is 46.4 Å². The average molecular weight is 395 g/mol. The van der Waals surface area contributed by atoms with Gasteiger partial charge in [-0.15, -0.1) is 0 Å². The lowest BCUT2D eigenvalue weighted by Crippen LogP contribution is -2.46. The van der Waals surface area contributed by atoms with E-state index in [4.69, 9.17) is 18.6 Å². The zero-order chi connectivity index (χ0) is 20.7. The summed E-state index contributed by atoms with van der Waals surface area (Å²) >= 11 is 0. The minimum Gasteiger partial charge on any atom is -0.497 e. The second kappa shape index (κ2) is 10.3. The van der Waals surface area contributed by atoms with Crippen LogP contribution in [0.1, 0.15) is 40.2 Å². The normalized spacial score (nSPS) is 14.5. The van der Waals surface area contributed by atoms with Crippen molar-refractivity contribution in [3.63, 3.8) is 0 Å². The molecular formula is C22H38O4Si. The number of methoxy groups -OCH3 is 1. The lowest BCUT2D eigenvalue weighted by molar-refractivity contribution is 0.0221. The Hall–Kier alpha value is -1.30. The van der Waals surface area contributed by atoms with Crippen LogP contribution in [0, 0.1) is 5.92 Å². The second-order valence-corrected chi connectivity index (χ2v) is 13.3. The highest BCUT2D eigenvalue weighted by molar-refractivity contribution is 6.74. The molecule has 1 aromatic rings. The number of rotatable bonds is 11. The van der Waals surface area contributed by atoms with E-state index in [0.717, 1.165) is 11.3 Å². The van der Waals surface area contributed by atoms with Crippen LogP contribution in [0.2, 0.25) is 18.1 Å². The second-order valence-electron chi connectivity index (χ2n) is 8.54. The minimum atomic E-state index is -1.95. The molecule has 0 amide bonds. The van der Waals surface area contributed by atoms with Gasteiger partial charge in [0.15, 0.2) is 8.32 Å². The maximum absolute atomic E-state index is 6.63. The standard InChI is InChI=1S/C22H38O4Si/c1-10-25-18(3)21(26-27(8,9)22(4,5)6)17(2)15-24-16-19-11-13-20(23-7)14-12-19/h11-14,17,21H,3,10,15-16H2,1-2,4-9H3. The third-order valence-electron chi connectivity index (χ3n) is 5.20. The fourth-order valence-corrected chi connectivity index (χ4v) is 3.78. The average Bonchev–Trinajstić information content (AvgIpc) is 2.59. The van der Waals surface area contributed by atoms with Crippen LogP contribution in [-0.2, 0) is 20.5 Å². The number of ether oxygens (including phenoxy) is 3. The monoisotopic (exact) mass is 394 g/mol. The van der Waals surface area contributed by atoms with Gasteiger partial charge in [-0.05, 0) is 42.8 Å². The van der Waals surface area contributed by atoms with Crippen LogP contribution < -0.4 is 4.74 Å². The van der Waals surface area contributed by atoms with Crippen LogP contribution in [0.3, 0.4) is 0 Å². The van der Waals surface area contributed by atoms with Gasteiger partial charge in [0.1, 0.15) is 17.6 Å². The predicted molar refractivity (Wildman–Crippen MR) is 115 cm³/mol. The Balaban J connectivity index is 2.72. The van der Waals surface area contributed by atoms with E-state index in [1.54, 1.807) is 7.11 Å². The molecule has 4 nitrogen and oxygen atoms in total. The number of benzene rings is 1. The lowest BCUT2D eigenvalue weighted by atomic mass is 10.1. The van der Waals surface area contributed by atoms with E-state index in [-0.39, 0.29) is 17.1 Å². The summed E-state index contributed by atoms with van der Waals surface area (Å²) in [6.07, 6.45) is -0.165. The smallest absolute Gasteiger partial charge is 0.193 e. The van der Waals surface area contributed by atoms with E-state index >= 15 is 0 Å². The van der Waals surface area contributed by atoms with Crippen LogP contribution in [0.5, 0.6) is 5.75 Å². The summed E-state index contributed by atoms with van der Waals surface area (Å²) < 4.78 is 23.5. The molecule has 154 valence electrons. The fourth-order valence-electron chi connectivity index (χ4n) is 2.43. The van der Waals surface area contributed by atoms with Gasteiger partial charge < -0.3 is 18.6 Å². The third-order valence-corrected chi connectivity index (χ3v) is 9.66. The molecule has 0 fully saturated rings. The van der Waals surface area contributed by atoms with Gasteiger partial charge in [-0.3, -0.25) is 0 Å². The molecule has 0 aliphatic rings. The molecule has 2 unspecified atom stereocenters. The van der Waals surface area contributed by atoms with Crippen molar-refractivity contribution in [3.05, 3.63) is 42.2 Å². The SMILES string of the molecule is C=C(OCC)C(O[Si](C)(C)C(C)(C)C)C(C)COCc1ccc(OC)cc1. The van der Waals surface area contributed by atoms with Crippen LogP contribution in [-0.4, -0.2) is 34.7 Å². The van der Waals surface area contributed by atoms with E-state index < -0.39 is 8.32 Å². The van der Waals surface area contributed by atoms with E-state index in [1.807, 2.05) is 31.2 Å². The summed E-state index contributed by atoms with van der Waals surface area (Å²) in [5.41, 5.74) is 1.12. The first-order chi connectivity index (χ1) is 12.5. The highest BCUT2D eigenvalue weighted by Gasteiger charge is 2.41. The highest BCUT2D eigenvalue weighted by atomic mass is 28.4. The number of hydrogen-bond donors (Lipinski definition) is 0. The van der Waals surface area contributed by atoms with Crippen molar-refractivity contribution in [1.29, 1.82) is 0 Å². The van der Waals surface area contributed by atoms with Crippen molar-refractivity contribution >= 4 is 8.32 Å². The van der Waals surface area contributed by atoms with E-state index in [1.165, 1.54) is 0 Å². The summed E-state index contributed by atoms with van der Waals surface area (Å²) in [5.74, 6) is 1.70. The van der Waals surface area contributed by atoms with Gasteiger partial charge in [0.05, 0.1) is 26.9 Å². The summed E-state index contributed by atoms with van der Waals surface area (Å²) in [4.78, 5) is 0. The van der Waals surface area contributed by atoms with Crippen molar-refractivity contribution in [2.24, 2.45) is 5.92 Å². The minimum absolute atomic E-state index is 0.126. The molecule has 5 heteroatoms. The summed E-state index contributed by atoms with van der Waals surface area (Å²) in [5, 5.41) is 0.126. The summed E-state index contributed by atoms with van der Waals surface area (Å²) in [6.45, 7) is 21.2. The zero-order valence-electron chi connectivity index (χ0n) is 18.4. The maximum Gasteiger partial charge on any atom is 0.193 e. The van der Waals surface area contributed by atoms with Crippen molar-refractivity contribution in [1.82, 2.24) is 0 Å². The molecular weight excluding hydrogens is 356 g/mol. The summed E-state index contributed by atoms with van der Waals surface area (Å²) in [6, 6.07) is 7.93. The molecule has 27 heavy (non-hydrogen) atoms. The van der Waals surface area contributed by atoms with E-state index in [0.29, 0.717) is 25.6 Å². The van der Waals surface area contributed by atoms with Gasteiger partial charge >= 0.3 is 0 Å². The van der Waals surface area contributed by atoms with Crippen molar-refractivity contribution in [2.75, 3.05) is 20.3 Å². The lowest BCUT2D eigenvalue weighted by Gasteiger charge is -2.41. The van der Waals surface area contributed by atoms with Crippen LogP contribution >= 0.6 is 0 Å². The van der Waals surface area contributed by atoms with Gasteiger partial charge in [-0.2, -0.15) is 0 Å². The third kappa shape index (κ3) is 7.32. The number of hydrogen-bond acceptors (Lipinski definition) is 4. The van der Waals surface area contributed by atoms with E-state index in [9.17, 15) is 0 Å². The Kier molecular flexibility index (Phi) is 9.05. The van der Waals surface area contributed by atoms with Gasteiger partial charge in [-0.25, -0.2) is 0 Å². The Labute approximate surface area is 167 Å². The van der Waals surface area contributed by atoms with Gasteiger partial charge in [0.25, 0.3) is 0 Å². The molecule has 0 bridgehead atoms. The van der Waals surface area contributed by atoms with Crippen molar-refractivity contribution in [2.45, 2.75) is 65.5 Å². The zero-order valence-corrected chi connectivity index (χ0v) is 19.4. The fraction of sp³-hybridized carbons (Fsp3) is 0.636. The molecule has 0 radical (unpaired) electrons.